The van der Waals surface area contributed by atoms with Crippen LogP contribution in [-0.2, 0) is 11.3 Å². The Morgan fingerprint density at radius 1 is 1.35 bits per heavy atom. The number of hydrogen-bond acceptors (Lipinski definition) is 2. The third-order valence-corrected chi connectivity index (χ3v) is 3.29. The van der Waals surface area contributed by atoms with Gasteiger partial charge in [-0.2, -0.15) is 0 Å². The molecule has 0 unspecified atom stereocenters. The van der Waals surface area contributed by atoms with Gasteiger partial charge < -0.3 is 10.6 Å². The number of likely N-dealkylation sites (tertiary alicyclic amines) is 1. The van der Waals surface area contributed by atoms with Gasteiger partial charge in [0.25, 0.3) is 0 Å². The molecule has 1 saturated heterocycles. The van der Waals surface area contributed by atoms with Crippen LogP contribution in [0.4, 0.5) is 0 Å². The topological polar surface area (TPSA) is 46.3 Å². The van der Waals surface area contributed by atoms with E-state index in [2.05, 4.69) is 0 Å². The number of hydrogen-bond donors (Lipinski definition) is 1. The second-order valence-electron chi connectivity index (χ2n) is 4.29. The lowest BCUT2D eigenvalue weighted by Crippen LogP contribution is -2.35. The Morgan fingerprint density at radius 2 is 2.12 bits per heavy atom. The Morgan fingerprint density at radius 3 is 2.82 bits per heavy atom. The minimum atomic E-state index is 0.231. The second kappa shape index (κ2) is 5.27. The molecule has 1 aromatic carbocycles. The standard InChI is InChI=1S/C13H16N2OS/c14-13(17)11-6-2-1-5-10(11)9-15-8-4-3-7-12(15)16/h1-2,5-6H,3-4,7-9H2,(H2,14,17). The van der Waals surface area contributed by atoms with Crippen molar-refractivity contribution >= 4 is 23.1 Å². The number of carbonyl (C=O) groups is 1. The number of rotatable bonds is 3. The summed E-state index contributed by atoms with van der Waals surface area (Å²) in [6.45, 7) is 1.46. The summed E-state index contributed by atoms with van der Waals surface area (Å²) in [6.07, 6.45) is 2.75. The van der Waals surface area contributed by atoms with E-state index in [4.69, 9.17) is 18.0 Å². The maximum atomic E-state index is 11.7. The van der Waals surface area contributed by atoms with Crippen LogP contribution in [0.3, 0.4) is 0 Å². The minimum Gasteiger partial charge on any atom is -0.389 e. The summed E-state index contributed by atoms with van der Waals surface area (Å²) >= 11 is 5.02. The van der Waals surface area contributed by atoms with Crippen molar-refractivity contribution in [3.8, 4) is 0 Å². The average molecular weight is 248 g/mol. The molecule has 1 amide bonds. The maximum Gasteiger partial charge on any atom is 0.222 e. The molecule has 4 heteroatoms. The quantitative estimate of drug-likeness (QED) is 0.830. The van der Waals surface area contributed by atoms with E-state index < -0.39 is 0 Å². The van der Waals surface area contributed by atoms with Crippen molar-refractivity contribution in [2.45, 2.75) is 25.8 Å². The molecule has 0 bridgehead atoms. The molecule has 1 fully saturated rings. The van der Waals surface area contributed by atoms with Crippen LogP contribution in [-0.4, -0.2) is 22.3 Å². The Bertz CT molecular complexity index is 445. The zero-order chi connectivity index (χ0) is 12.3. The van der Waals surface area contributed by atoms with Crippen LogP contribution in [0.15, 0.2) is 24.3 Å². The number of nitrogens with two attached hydrogens (primary N) is 1. The van der Waals surface area contributed by atoms with Crippen molar-refractivity contribution in [1.82, 2.24) is 4.90 Å². The molecule has 2 N–H and O–H groups in total. The lowest BCUT2D eigenvalue weighted by molar-refractivity contribution is -0.133. The molecule has 2 rings (SSSR count). The van der Waals surface area contributed by atoms with E-state index in [1.165, 1.54) is 0 Å². The Hall–Kier alpha value is -1.42. The summed E-state index contributed by atoms with van der Waals surface area (Å²) in [5, 5.41) is 0. The van der Waals surface area contributed by atoms with Crippen LogP contribution in [0.1, 0.15) is 30.4 Å². The highest BCUT2D eigenvalue weighted by atomic mass is 32.1. The van der Waals surface area contributed by atoms with Gasteiger partial charge in [-0.15, -0.1) is 0 Å². The van der Waals surface area contributed by atoms with Crippen molar-refractivity contribution in [3.63, 3.8) is 0 Å². The van der Waals surface area contributed by atoms with E-state index in [9.17, 15) is 4.79 Å². The number of nitrogens with zero attached hydrogens (tertiary/aromatic N) is 1. The average Bonchev–Trinajstić information content (AvgIpc) is 2.32. The zero-order valence-electron chi connectivity index (χ0n) is 9.69. The first-order valence-corrected chi connectivity index (χ1v) is 6.25. The molecule has 17 heavy (non-hydrogen) atoms. The minimum absolute atomic E-state index is 0.231. The van der Waals surface area contributed by atoms with Gasteiger partial charge in [0, 0.05) is 25.1 Å². The van der Waals surface area contributed by atoms with Crippen LogP contribution >= 0.6 is 12.2 Å². The van der Waals surface area contributed by atoms with Crippen molar-refractivity contribution in [2.75, 3.05) is 6.54 Å². The molecule has 0 radical (unpaired) electrons. The summed E-state index contributed by atoms with van der Waals surface area (Å²) in [5.41, 5.74) is 7.60. The fraction of sp³-hybridized carbons (Fsp3) is 0.385. The summed E-state index contributed by atoms with van der Waals surface area (Å²) in [5.74, 6) is 0.231. The van der Waals surface area contributed by atoms with Crippen LogP contribution in [0, 0.1) is 0 Å². The third-order valence-electron chi connectivity index (χ3n) is 3.07. The van der Waals surface area contributed by atoms with Crippen molar-refractivity contribution in [3.05, 3.63) is 35.4 Å². The number of benzene rings is 1. The highest BCUT2D eigenvalue weighted by molar-refractivity contribution is 7.80. The molecule has 3 nitrogen and oxygen atoms in total. The highest BCUT2D eigenvalue weighted by Crippen LogP contribution is 2.17. The van der Waals surface area contributed by atoms with Gasteiger partial charge >= 0.3 is 0 Å². The van der Waals surface area contributed by atoms with Gasteiger partial charge in [-0.3, -0.25) is 4.79 Å². The lowest BCUT2D eigenvalue weighted by Gasteiger charge is -2.27. The van der Waals surface area contributed by atoms with Gasteiger partial charge in [-0.05, 0) is 18.4 Å². The molecule has 1 heterocycles. The number of amides is 1. The maximum absolute atomic E-state index is 11.7. The SMILES string of the molecule is NC(=S)c1ccccc1CN1CCCCC1=O. The Kier molecular flexibility index (Phi) is 3.74. The fourth-order valence-electron chi connectivity index (χ4n) is 2.13. The fourth-order valence-corrected chi connectivity index (χ4v) is 2.33. The number of thiocarbonyl (C=S) groups is 1. The second-order valence-corrected chi connectivity index (χ2v) is 4.73. The van der Waals surface area contributed by atoms with Crippen LogP contribution in [0.25, 0.3) is 0 Å². The first-order valence-electron chi connectivity index (χ1n) is 5.84. The number of piperidine rings is 1. The Balaban J connectivity index is 2.17. The van der Waals surface area contributed by atoms with Crippen molar-refractivity contribution < 1.29 is 4.79 Å². The predicted molar refractivity (Wildman–Crippen MR) is 71.6 cm³/mol. The normalized spacial score (nSPS) is 16.0. The molecule has 1 aliphatic rings. The highest BCUT2D eigenvalue weighted by Gasteiger charge is 2.19. The van der Waals surface area contributed by atoms with E-state index in [0.717, 1.165) is 30.5 Å². The largest absolute Gasteiger partial charge is 0.389 e. The molecule has 0 spiro atoms. The van der Waals surface area contributed by atoms with E-state index in [1.807, 2.05) is 29.2 Å². The zero-order valence-corrected chi connectivity index (χ0v) is 10.5. The van der Waals surface area contributed by atoms with E-state index in [-0.39, 0.29) is 5.91 Å². The Labute approximate surface area is 107 Å². The van der Waals surface area contributed by atoms with Crippen LogP contribution in [0.2, 0.25) is 0 Å². The monoisotopic (exact) mass is 248 g/mol. The van der Waals surface area contributed by atoms with E-state index >= 15 is 0 Å². The van der Waals surface area contributed by atoms with Crippen LogP contribution in [0.5, 0.6) is 0 Å². The molecule has 1 aromatic rings. The molecule has 0 saturated carbocycles. The molecule has 0 atom stereocenters. The molecule has 90 valence electrons. The summed E-state index contributed by atoms with van der Waals surface area (Å²) in [7, 11) is 0. The summed E-state index contributed by atoms with van der Waals surface area (Å²) in [6, 6.07) is 7.75. The van der Waals surface area contributed by atoms with Gasteiger partial charge in [0.1, 0.15) is 4.99 Å². The van der Waals surface area contributed by atoms with Crippen molar-refractivity contribution in [1.29, 1.82) is 0 Å². The van der Waals surface area contributed by atoms with Crippen molar-refractivity contribution in [2.24, 2.45) is 5.73 Å². The van der Waals surface area contributed by atoms with Gasteiger partial charge in [-0.25, -0.2) is 0 Å². The van der Waals surface area contributed by atoms with Gasteiger partial charge in [0.2, 0.25) is 5.91 Å². The first kappa shape index (κ1) is 12.0. The molecular formula is C13H16N2OS. The predicted octanol–water partition coefficient (Wildman–Crippen LogP) is 1.83. The molecule has 1 aliphatic heterocycles. The van der Waals surface area contributed by atoms with Gasteiger partial charge in [-0.1, -0.05) is 36.5 Å². The van der Waals surface area contributed by atoms with Gasteiger partial charge in [0.15, 0.2) is 0 Å². The molecule has 0 aromatic heterocycles. The van der Waals surface area contributed by atoms with E-state index in [0.29, 0.717) is 18.0 Å². The lowest BCUT2D eigenvalue weighted by atomic mass is 10.0. The smallest absolute Gasteiger partial charge is 0.222 e. The third kappa shape index (κ3) is 2.82. The molecule has 0 aliphatic carbocycles. The van der Waals surface area contributed by atoms with Gasteiger partial charge in [0.05, 0.1) is 0 Å². The molecular weight excluding hydrogens is 232 g/mol. The van der Waals surface area contributed by atoms with Crippen LogP contribution < -0.4 is 5.73 Å². The summed E-state index contributed by atoms with van der Waals surface area (Å²) < 4.78 is 0. The first-order chi connectivity index (χ1) is 8.18. The van der Waals surface area contributed by atoms with E-state index in [1.54, 1.807) is 0 Å². The summed E-state index contributed by atoms with van der Waals surface area (Å²) in [4.78, 5) is 14.0. The number of carbonyl (C=O) groups excluding carboxylic acids is 1.